The topological polar surface area (TPSA) is 55.7 Å². The largest absolute Gasteiger partial charge is 0.497 e. The molecule has 0 fully saturated rings. The van der Waals surface area contributed by atoms with Crippen LogP contribution in [0.2, 0.25) is 0 Å². The summed E-state index contributed by atoms with van der Waals surface area (Å²) in [6.07, 6.45) is 2.04. The molecule has 2 aromatic carbocycles. The van der Waals surface area contributed by atoms with Crippen LogP contribution in [-0.2, 0) is 17.8 Å². The van der Waals surface area contributed by atoms with Crippen LogP contribution in [0.1, 0.15) is 11.3 Å². The summed E-state index contributed by atoms with van der Waals surface area (Å²) in [6, 6.07) is 21.4. The third-order valence-electron chi connectivity index (χ3n) is 4.67. The van der Waals surface area contributed by atoms with Gasteiger partial charge in [-0.25, -0.2) is 4.79 Å². The van der Waals surface area contributed by atoms with E-state index < -0.39 is 0 Å². The van der Waals surface area contributed by atoms with Crippen LogP contribution in [0.15, 0.2) is 72.9 Å². The van der Waals surface area contributed by atoms with E-state index in [2.05, 4.69) is 22.0 Å². The summed E-state index contributed by atoms with van der Waals surface area (Å²) in [5.74, 6) is 0.748. The van der Waals surface area contributed by atoms with Crippen molar-refractivity contribution in [1.82, 2.24) is 9.47 Å². The number of aromatic nitrogens is 1. The second kappa shape index (κ2) is 10.3. The van der Waals surface area contributed by atoms with E-state index in [9.17, 15) is 4.79 Å². The fraction of sp³-hybridized carbons (Fsp3) is 0.261. The van der Waals surface area contributed by atoms with Crippen molar-refractivity contribution in [2.45, 2.75) is 13.1 Å². The van der Waals surface area contributed by atoms with Gasteiger partial charge >= 0.3 is 6.03 Å². The Morgan fingerprint density at radius 3 is 2.45 bits per heavy atom. The quantitative estimate of drug-likeness (QED) is 0.592. The van der Waals surface area contributed by atoms with Gasteiger partial charge in [-0.1, -0.05) is 30.3 Å². The highest BCUT2D eigenvalue weighted by Gasteiger charge is 2.16. The number of carbonyl (C=O) groups is 1. The molecule has 152 valence electrons. The fourth-order valence-corrected chi connectivity index (χ4v) is 3.05. The van der Waals surface area contributed by atoms with Gasteiger partial charge in [0.1, 0.15) is 5.75 Å². The first-order chi connectivity index (χ1) is 14.2. The normalized spacial score (nSPS) is 10.6. The lowest BCUT2D eigenvalue weighted by atomic mass is 10.2. The molecule has 1 aromatic heterocycles. The first kappa shape index (κ1) is 20.5. The van der Waals surface area contributed by atoms with E-state index in [4.69, 9.17) is 9.47 Å². The van der Waals surface area contributed by atoms with Crippen LogP contribution in [0.3, 0.4) is 0 Å². The second-order valence-corrected chi connectivity index (χ2v) is 6.69. The summed E-state index contributed by atoms with van der Waals surface area (Å²) < 4.78 is 12.5. The zero-order chi connectivity index (χ0) is 20.5. The lowest BCUT2D eigenvalue weighted by molar-refractivity contribution is 0.152. The predicted octanol–water partition coefficient (Wildman–Crippen LogP) is 4.23. The molecule has 1 N–H and O–H groups in total. The number of nitrogens with zero attached hydrogens (tertiary/aromatic N) is 2. The van der Waals surface area contributed by atoms with Gasteiger partial charge in [0, 0.05) is 37.8 Å². The van der Waals surface area contributed by atoms with Crippen molar-refractivity contribution in [3.05, 3.63) is 84.2 Å². The number of hydrogen-bond donors (Lipinski definition) is 1. The monoisotopic (exact) mass is 393 g/mol. The number of urea groups is 1. The maximum absolute atomic E-state index is 12.9. The standard InChI is InChI=1S/C23H27N3O3/c1-28-16-15-26(23(27)24-20-10-12-22(29-2)13-11-20)18-21-9-6-14-25(21)17-19-7-4-3-5-8-19/h3-14H,15-18H2,1-2H3,(H,24,27). The highest BCUT2D eigenvalue weighted by Crippen LogP contribution is 2.16. The third-order valence-corrected chi connectivity index (χ3v) is 4.67. The molecule has 0 unspecified atom stereocenters. The molecule has 3 aromatic rings. The molecule has 0 bridgehead atoms. The molecule has 0 radical (unpaired) electrons. The molecule has 0 spiro atoms. The molecular formula is C23H27N3O3. The van der Waals surface area contributed by atoms with E-state index in [1.54, 1.807) is 19.1 Å². The van der Waals surface area contributed by atoms with E-state index in [0.717, 1.165) is 23.7 Å². The van der Waals surface area contributed by atoms with Gasteiger partial charge < -0.3 is 24.3 Å². The molecule has 2 amide bonds. The molecule has 3 rings (SSSR count). The minimum absolute atomic E-state index is 0.167. The average Bonchev–Trinajstić information content (AvgIpc) is 3.18. The smallest absolute Gasteiger partial charge is 0.322 e. The first-order valence-electron chi connectivity index (χ1n) is 9.56. The van der Waals surface area contributed by atoms with Crippen molar-refractivity contribution in [1.29, 1.82) is 0 Å². The SMILES string of the molecule is COCCN(Cc1cccn1Cc1ccccc1)C(=O)Nc1ccc(OC)cc1. The van der Waals surface area contributed by atoms with Crippen molar-refractivity contribution >= 4 is 11.7 Å². The Labute approximate surface area is 171 Å². The Morgan fingerprint density at radius 1 is 1.00 bits per heavy atom. The number of benzene rings is 2. The molecule has 6 heteroatoms. The molecule has 0 saturated carbocycles. The molecule has 0 atom stereocenters. The van der Waals surface area contributed by atoms with Crippen LogP contribution < -0.4 is 10.1 Å². The summed E-state index contributed by atoms with van der Waals surface area (Å²) in [4.78, 5) is 14.6. The maximum Gasteiger partial charge on any atom is 0.322 e. The molecule has 1 heterocycles. The highest BCUT2D eigenvalue weighted by molar-refractivity contribution is 5.89. The second-order valence-electron chi connectivity index (χ2n) is 6.69. The van der Waals surface area contributed by atoms with E-state index in [1.807, 2.05) is 60.8 Å². The number of methoxy groups -OCH3 is 2. The number of anilines is 1. The number of nitrogens with one attached hydrogen (secondary N) is 1. The summed E-state index contributed by atoms with van der Waals surface area (Å²) in [5, 5.41) is 2.95. The van der Waals surface area contributed by atoms with Crippen molar-refractivity contribution in [3.63, 3.8) is 0 Å². The third kappa shape index (κ3) is 5.86. The molecule has 6 nitrogen and oxygen atoms in total. The molecule has 0 aliphatic rings. The van der Waals surface area contributed by atoms with Crippen molar-refractivity contribution < 1.29 is 14.3 Å². The lowest BCUT2D eigenvalue weighted by Gasteiger charge is -2.24. The summed E-state index contributed by atoms with van der Waals surface area (Å²) in [5.41, 5.74) is 3.00. The Bertz CT molecular complexity index is 891. The van der Waals surface area contributed by atoms with E-state index >= 15 is 0 Å². The van der Waals surface area contributed by atoms with Crippen LogP contribution in [-0.4, -0.2) is 42.9 Å². The van der Waals surface area contributed by atoms with Gasteiger partial charge in [0.2, 0.25) is 0 Å². The van der Waals surface area contributed by atoms with Crippen LogP contribution in [0.25, 0.3) is 0 Å². The van der Waals surface area contributed by atoms with Gasteiger partial charge in [-0.05, 0) is 42.0 Å². The van der Waals surface area contributed by atoms with Crippen LogP contribution in [0.4, 0.5) is 10.5 Å². The minimum atomic E-state index is -0.167. The number of ether oxygens (including phenoxy) is 2. The van der Waals surface area contributed by atoms with E-state index in [0.29, 0.717) is 19.7 Å². The number of amides is 2. The van der Waals surface area contributed by atoms with Gasteiger partial charge in [-0.15, -0.1) is 0 Å². The Morgan fingerprint density at radius 2 is 1.76 bits per heavy atom. The van der Waals surface area contributed by atoms with E-state index in [-0.39, 0.29) is 6.03 Å². The summed E-state index contributed by atoms with van der Waals surface area (Å²) >= 11 is 0. The highest BCUT2D eigenvalue weighted by atomic mass is 16.5. The average molecular weight is 393 g/mol. The van der Waals surface area contributed by atoms with Gasteiger partial charge in [0.05, 0.1) is 20.3 Å². The molecule has 0 saturated heterocycles. The molecule has 29 heavy (non-hydrogen) atoms. The van der Waals surface area contributed by atoms with Crippen LogP contribution in [0, 0.1) is 0 Å². The zero-order valence-corrected chi connectivity index (χ0v) is 16.9. The van der Waals surface area contributed by atoms with Gasteiger partial charge in [-0.2, -0.15) is 0 Å². The van der Waals surface area contributed by atoms with Crippen LogP contribution >= 0.6 is 0 Å². The van der Waals surface area contributed by atoms with Crippen molar-refractivity contribution in [3.8, 4) is 5.75 Å². The van der Waals surface area contributed by atoms with Crippen molar-refractivity contribution in [2.24, 2.45) is 0 Å². The Kier molecular flexibility index (Phi) is 7.30. The van der Waals surface area contributed by atoms with Gasteiger partial charge in [0.25, 0.3) is 0 Å². The minimum Gasteiger partial charge on any atom is -0.497 e. The van der Waals surface area contributed by atoms with Crippen LogP contribution in [0.5, 0.6) is 5.75 Å². The lowest BCUT2D eigenvalue weighted by Crippen LogP contribution is -2.37. The van der Waals surface area contributed by atoms with E-state index in [1.165, 1.54) is 5.56 Å². The fourth-order valence-electron chi connectivity index (χ4n) is 3.05. The number of rotatable bonds is 9. The molecular weight excluding hydrogens is 366 g/mol. The zero-order valence-electron chi connectivity index (χ0n) is 16.9. The van der Waals surface area contributed by atoms with Gasteiger partial charge in [0.15, 0.2) is 0 Å². The predicted molar refractivity (Wildman–Crippen MR) is 114 cm³/mol. The van der Waals surface area contributed by atoms with Crippen molar-refractivity contribution in [2.75, 3.05) is 32.7 Å². The number of hydrogen-bond acceptors (Lipinski definition) is 3. The Balaban J connectivity index is 1.70. The molecule has 0 aliphatic carbocycles. The summed E-state index contributed by atoms with van der Waals surface area (Å²) in [7, 11) is 3.25. The number of carbonyl (C=O) groups excluding carboxylic acids is 1. The summed E-state index contributed by atoms with van der Waals surface area (Å²) in [6.45, 7) is 2.22. The first-order valence-corrected chi connectivity index (χ1v) is 9.56. The maximum atomic E-state index is 12.9. The molecule has 0 aliphatic heterocycles. The van der Waals surface area contributed by atoms with Gasteiger partial charge in [-0.3, -0.25) is 0 Å². The Hall–Kier alpha value is -3.25.